The van der Waals surface area contributed by atoms with Gasteiger partial charge >= 0.3 is 5.97 Å². The van der Waals surface area contributed by atoms with E-state index in [1.165, 1.54) is 4.68 Å². The highest BCUT2D eigenvalue weighted by molar-refractivity contribution is 5.86. The molecule has 1 rings (SSSR count). The third-order valence-corrected chi connectivity index (χ3v) is 1.81. The van der Waals surface area contributed by atoms with Crippen molar-refractivity contribution in [1.29, 1.82) is 0 Å². The predicted octanol–water partition coefficient (Wildman–Crippen LogP) is -0.162. The van der Waals surface area contributed by atoms with E-state index in [1.807, 2.05) is 0 Å². The summed E-state index contributed by atoms with van der Waals surface area (Å²) in [5, 5.41) is 24.6. The molecule has 1 aromatic heterocycles. The summed E-state index contributed by atoms with van der Waals surface area (Å²) in [4.78, 5) is 10.6. The Kier molecular flexibility index (Phi) is 2.62. The van der Waals surface area contributed by atoms with Crippen LogP contribution in [0.2, 0.25) is 0 Å². The molecule has 72 valence electrons. The summed E-state index contributed by atoms with van der Waals surface area (Å²) in [6, 6.07) is -0.249. The van der Waals surface area contributed by atoms with E-state index in [0.29, 0.717) is 5.69 Å². The van der Waals surface area contributed by atoms with Gasteiger partial charge in [-0.3, -0.25) is 0 Å². The van der Waals surface area contributed by atoms with Crippen molar-refractivity contribution < 1.29 is 15.0 Å². The highest BCUT2D eigenvalue weighted by Crippen LogP contribution is 2.09. The Bertz CT molecular complexity index is 321. The molecule has 1 atom stereocenters. The molecule has 0 aromatic carbocycles. The highest BCUT2D eigenvalue weighted by atomic mass is 16.4. The van der Waals surface area contributed by atoms with E-state index in [-0.39, 0.29) is 18.3 Å². The van der Waals surface area contributed by atoms with Crippen LogP contribution in [0.1, 0.15) is 29.1 Å². The minimum Gasteiger partial charge on any atom is -0.476 e. The van der Waals surface area contributed by atoms with Crippen LogP contribution in [0.5, 0.6) is 0 Å². The van der Waals surface area contributed by atoms with Crippen molar-refractivity contribution in [2.75, 3.05) is 6.61 Å². The first-order valence-electron chi connectivity index (χ1n) is 3.83. The van der Waals surface area contributed by atoms with Crippen LogP contribution in [-0.2, 0) is 0 Å². The van der Waals surface area contributed by atoms with Gasteiger partial charge < -0.3 is 10.2 Å². The second-order valence-corrected chi connectivity index (χ2v) is 2.80. The fraction of sp³-hybridized carbons (Fsp3) is 0.571. The smallest absolute Gasteiger partial charge is 0.358 e. The third kappa shape index (κ3) is 1.67. The summed E-state index contributed by atoms with van der Waals surface area (Å²) in [6.07, 6.45) is 0. The lowest BCUT2D eigenvalue weighted by molar-refractivity contribution is 0.0689. The average Bonchev–Trinajstić information content (AvgIpc) is 2.46. The zero-order valence-corrected chi connectivity index (χ0v) is 7.43. The molecule has 0 aliphatic carbocycles. The molecule has 1 aromatic rings. The minimum absolute atomic E-state index is 0.0692. The number of hydrogen-bond acceptors (Lipinski definition) is 4. The van der Waals surface area contributed by atoms with Gasteiger partial charge in [-0.25, -0.2) is 9.48 Å². The molecule has 0 amide bonds. The molecule has 2 N–H and O–H groups in total. The van der Waals surface area contributed by atoms with Gasteiger partial charge in [0.1, 0.15) is 0 Å². The van der Waals surface area contributed by atoms with Crippen LogP contribution in [0.25, 0.3) is 0 Å². The topological polar surface area (TPSA) is 88.2 Å². The quantitative estimate of drug-likeness (QED) is 0.683. The molecule has 0 saturated carbocycles. The van der Waals surface area contributed by atoms with Gasteiger partial charge in [-0.05, 0) is 13.8 Å². The van der Waals surface area contributed by atoms with E-state index in [2.05, 4.69) is 10.3 Å². The molecule has 1 unspecified atom stereocenters. The molecular formula is C7H11N3O3. The van der Waals surface area contributed by atoms with Crippen LogP contribution >= 0.6 is 0 Å². The molecule has 6 nitrogen and oxygen atoms in total. The van der Waals surface area contributed by atoms with Crippen molar-refractivity contribution >= 4 is 5.97 Å². The maximum absolute atomic E-state index is 10.6. The Hall–Kier alpha value is -1.43. The van der Waals surface area contributed by atoms with E-state index >= 15 is 0 Å². The van der Waals surface area contributed by atoms with E-state index in [4.69, 9.17) is 10.2 Å². The van der Waals surface area contributed by atoms with E-state index in [1.54, 1.807) is 13.8 Å². The molecule has 0 aliphatic rings. The minimum atomic E-state index is -1.10. The number of carbonyl (C=O) groups is 1. The summed E-state index contributed by atoms with van der Waals surface area (Å²) in [7, 11) is 0. The van der Waals surface area contributed by atoms with Crippen molar-refractivity contribution in [3.8, 4) is 0 Å². The lowest BCUT2D eigenvalue weighted by Gasteiger charge is -2.08. The van der Waals surface area contributed by atoms with Crippen LogP contribution in [0.4, 0.5) is 0 Å². The number of rotatable bonds is 3. The molecule has 0 bridgehead atoms. The zero-order chi connectivity index (χ0) is 10.0. The second kappa shape index (κ2) is 3.53. The molecular weight excluding hydrogens is 174 g/mol. The number of carboxylic acids is 1. The first-order valence-corrected chi connectivity index (χ1v) is 3.83. The summed E-state index contributed by atoms with van der Waals surface area (Å²) in [6.45, 7) is 3.24. The monoisotopic (exact) mass is 185 g/mol. The summed E-state index contributed by atoms with van der Waals surface area (Å²) in [5.41, 5.74) is 0.384. The van der Waals surface area contributed by atoms with Gasteiger partial charge in [0.2, 0.25) is 0 Å². The van der Waals surface area contributed by atoms with Crippen LogP contribution in [-0.4, -0.2) is 37.8 Å². The van der Waals surface area contributed by atoms with Gasteiger partial charge in [-0.15, -0.1) is 5.10 Å². The normalized spacial score (nSPS) is 12.8. The van der Waals surface area contributed by atoms with Crippen molar-refractivity contribution in [3.05, 3.63) is 11.4 Å². The Balaban J connectivity index is 3.06. The number of nitrogens with zero attached hydrogens (tertiary/aromatic N) is 3. The fourth-order valence-corrected chi connectivity index (χ4v) is 1.03. The van der Waals surface area contributed by atoms with E-state index in [0.717, 1.165) is 0 Å². The number of aliphatic hydroxyl groups excluding tert-OH is 1. The largest absolute Gasteiger partial charge is 0.476 e. The summed E-state index contributed by atoms with van der Waals surface area (Å²) < 4.78 is 1.39. The molecule has 0 aliphatic heterocycles. The molecule has 0 saturated heterocycles. The Labute approximate surface area is 74.8 Å². The van der Waals surface area contributed by atoms with Gasteiger partial charge in [-0.1, -0.05) is 5.21 Å². The number of aromatic carboxylic acids is 1. The first-order chi connectivity index (χ1) is 6.07. The highest BCUT2D eigenvalue weighted by Gasteiger charge is 2.17. The summed E-state index contributed by atoms with van der Waals surface area (Å²) in [5.74, 6) is -1.10. The van der Waals surface area contributed by atoms with Gasteiger partial charge in [0.25, 0.3) is 0 Å². The predicted molar refractivity (Wildman–Crippen MR) is 43.5 cm³/mol. The van der Waals surface area contributed by atoms with Crippen LogP contribution in [0.15, 0.2) is 0 Å². The SMILES string of the molecule is Cc1c(C(=O)O)nnn1C(C)CO. The first kappa shape index (κ1) is 9.66. The summed E-state index contributed by atoms with van der Waals surface area (Å²) >= 11 is 0. The van der Waals surface area contributed by atoms with Crippen LogP contribution in [0.3, 0.4) is 0 Å². The van der Waals surface area contributed by atoms with Crippen molar-refractivity contribution in [2.24, 2.45) is 0 Å². The second-order valence-electron chi connectivity index (χ2n) is 2.80. The number of aliphatic hydroxyl groups is 1. The maximum atomic E-state index is 10.6. The Morgan fingerprint density at radius 3 is 2.69 bits per heavy atom. The number of carboxylic acid groups (broad SMARTS) is 1. The lowest BCUT2D eigenvalue weighted by Crippen LogP contribution is -2.13. The van der Waals surface area contributed by atoms with Gasteiger partial charge in [0.15, 0.2) is 5.69 Å². The van der Waals surface area contributed by atoms with Crippen molar-refractivity contribution in [1.82, 2.24) is 15.0 Å². The molecule has 1 heterocycles. The van der Waals surface area contributed by atoms with Crippen LogP contribution in [0, 0.1) is 6.92 Å². The van der Waals surface area contributed by atoms with Gasteiger partial charge in [-0.2, -0.15) is 0 Å². The Morgan fingerprint density at radius 1 is 1.69 bits per heavy atom. The van der Waals surface area contributed by atoms with Crippen LogP contribution < -0.4 is 0 Å². The molecule has 6 heteroatoms. The number of hydrogen-bond donors (Lipinski definition) is 2. The van der Waals surface area contributed by atoms with Gasteiger partial charge in [0, 0.05) is 0 Å². The fourth-order valence-electron chi connectivity index (χ4n) is 1.03. The average molecular weight is 185 g/mol. The zero-order valence-electron chi connectivity index (χ0n) is 7.43. The van der Waals surface area contributed by atoms with Crippen molar-refractivity contribution in [2.45, 2.75) is 19.9 Å². The van der Waals surface area contributed by atoms with E-state index < -0.39 is 5.97 Å². The van der Waals surface area contributed by atoms with E-state index in [9.17, 15) is 4.79 Å². The molecule has 13 heavy (non-hydrogen) atoms. The third-order valence-electron chi connectivity index (χ3n) is 1.81. The lowest BCUT2D eigenvalue weighted by atomic mass is 10.3. The molecule has 0 spiro atoms. The Morgan fingerprint density at radius 2 is 2.31 bits per heavy atom. The number of aromatic nitrogens is 3. The maximum Gasteiger partial charge on any atom is 0.358 e. The molecule has 0 radical (unpaired) electrons. The van der Waals surface area contributed by atoms with Gasteiger partial charge in [0.05, 0.1) is 18.3 Å². The molecule has 0 fully saturated rings. The standard InChI is InChI=1S/C7H11N3O3/c1-4(3-11)10-5(2)6(7(12)13)8-9-10/h4,11H,3H2,1-2H3,(H,12,13). The van der Waals surface area contributed by atoms with Crippen molar-refractivity contribution in [3.63, 3.8) is 0 Å².